The highest BCUT2D eigenvalue weighted by Gasteiger charge is 2.23. The van der Waals surface area contributed by atoms with Crippen LogP contribution in [0.25, 0.3) is 0 Å². The van der Waals surface area contributed by atoms with Crippen LogP contribution in [0.2, 0.25) is 0 Å². The molecule has 3 amide bonds. The van der Waals surface area contributed by atoms with Gasteiger partial charge in [-0.3, -0.25) is 9.59 Å². The summed E-state index contributed by atoms with van der Waals surface area (Å²) in [6.07, 6.45) is 2.64. The molecule has 1 saturated carbocycles. The van der Waals surface area contributed by atoms with Gasteiger partial charge in [0.15, 0.2) is 0 Å². The molecule has 7 heteroatoms. The van der Waals surface area contributed by atoms with Gasteiger partial charge in [0.25, 0.3) is 0 Å². The average Bonchev–Trinajstić information content (AvgIpc) is 3.08. The molecule has 7 nitrogen and oxygen atoms in total. The van der Waals surface area contributed by atoms with Crippen molar-refractivity contribution in [3.05, 3.63) is 0 Å². The Morgan fingerprint density at radius 2 is 2.00 bits per heavy atom. The summed E-state index contributed by atoms with van der Waals surface area (Å²) in [5, 5.41) is 13.8. The summed E-state index contributed by atoms with van der Waals surface area (Å²) < 4.78 is 0. The lowest BCUT2D eigenvalue weighted by molar-refractivity contribution is -0.137. The number of aliphatic carboxylic acids is 1. The van der Waals surface area contributed by atoms with Gasteiger partial charge in [-0.1, -0.05) is 6.92 Å². The predicted octanol–water partition coefficient (Wildman–Crippen LogP) is -0.229. The van der Waals surface area contributed by atoms with E-state index in [1.807, 2.05) is 6.92 Å². The fourth-order valence-corrected chi connectivity index (χ4v) is 1.46. The minimum Gasteiger partial charge on any atom is -0.480 e. The summed E-state index contributed by atoms with van der Waals surface area (Å²) in [6, 6.07) is -0.273. The van der Waals surface area contributed by atoms with E-state index in [2.05, 4.69) is 10.6 Å². The fraction of sp³-hybridized carbons (Fsp3) is 0.727. The molecule has 0 aliphatic heterocycles. The smallest absolute Gasteiger partial charge is 0.323 e. The second-order valence-corrected chi connectivity index (χ2v) is 4.32. The largest absolute Gasteiger partial charge is 0.480 e. The third-order valence-electron chi connectivity index (χ3n) is 2.45. The molecule has 1 rings (SSSR count). The number of carboxylic acid groups (broad SMARTS) is 1. The van der Waals surface area contributed by atoms with Gasteiger partial charge >= 0.3 is 12.0 Å². The van der Waals surface area contributed by atoms with E-state index >= 15 is 0 Å². The first-order chi connectivity index (χ1) is 8.52. The zero-order valence-electron chi connectivity index (χ0n) is 10.4. The first-order valence-electron chi connectivity index (χ1n) is 6.06. The second kappa shape index (κ2) is 6.83. The molecule has 0 aromatic rings. The summed E-state index contributed by atoms with van der Waals surface area (Å²) >= 11 is 0. The number of rotatable bonds is 7. The molecular weight excluding hydrogens is 238 g/mol. The number of carbonyl (C=O) groups excluding carboxylic acids is 2. The summed E-state index contributed by atoms with van der Waals surface area (Å²) in [6.45, 7) is 1.73. The van der Waals surface area contributed by atoms with Gasteiger partial charge in [0.2, 0.25) is 5.91 Å². The first kappa shape index (κ1) is 14.3. The minimum absolute atomic E-state index is 0.116. The molecule has 0 unspecified atom stereocenters. The Morgan fingerprint density at radius 1 is 1.33 bits per heavy atom. The Morgan fingerprint density at radius 3 is 2.50 bits per heavy atom. The molecule has 18 heavy (non-hydrogen) atoms. The first-order valence-corrected chi connectivity index (χ1v) is 6.06. The third kappa shape index (κ3) is 5.51. The molecule has 0 saturated heterocycles. The molecule has 0 atom stereocenters. The number of urea groups is 1. The molecule has 0 bridgehead atoms. The van der Waals surface area contributed by atoms with Crippen LogP contribution in [-0.4, -0.2) is 53.6 Å². The average molecular weight is 257 g/mol. The topological polar surface area (TPSA) is 98.7 Å². The van der Waals surface area contributed by atoms with E-state index < -0.39 is 12.0 Å². The Bertz CT molecular complexity index is 328. The van der Waals surface area contributed by atoms with E-state index in [-0.39, 0.29) is 25.0 Å². The van der Waals surface area contributed by atoms with Crippen molar-refractivity contribution in [2.24, 2.45) is 0 Å². The van der Waals surface area contributed by atoms with Crippen LogP contribution >= 0.6 is 0 Å². The van der Waals surface area contributed by atoms with Crippen molar-refractivity contribution in [3.8, 4) is 0 Å². The van der Waals surface area contributed by atoms with Crippen molar-refractivity contribution < 1.29 is 19.5 Å². The maximum atomic E-state index is 11.6. The lowest BCUT2D eigenvalue weighted by Crippen LogP contribution is -2.46. The van der Waals surface area contributed by atoms with Crippen molar-refractivity contribution in [2.45, 2.75) is 32.2 Å². The van der Waals surface area contributed by atoms with Gasteiger partial charge in [-0.25, -0.2) is 4.79 Å². The van der Waals surface area contributed by atoms with E-state index in [0.717, 1.165) is 12.8 Å². The number of carboxylic acids is 1. The van der Waals surface area contributed by atoms with Crippen molar-refractivity contribution in [3.63, 3.8) is 0 Å². The highest BCUT2D eigenvalue weighted by molar-refractivity contribution is 5.85. The molecule has 0 aromatic carbocycles. The highest BCUT2D eigenvalue weighted by Crippen LogP contribution is 2.18. The number of hydrogen-bond acceptors (Lipinski definition) is 3. The van der Waals surface area contributed by atoms with Gasteiger partial charge in [0.1, 0.15) is 6.54 Å². The van der Waals surface area contributed by atoms with E-state index in [9.17, 15) is 14.4 Å². The Hall–Kier alpha value is -1.79. The summed E-state index contributed by atoms with van der Waals surface area (Å²) in [5.41, 5.74) is 0. The molecule has 1 fully saturated rings. The van der Waals surface area contributed by atoms with Crippen LogP contribution in [0.15, 0.2) is 0 Å². The van der Waals surface area contributed by atoms with E-state index in [0.29, 0.717) is 13.0 Å². The maximum Gasteiger partial charge on any atom is 0.323 e. The van der Waals surface area contributed by atoms with Gasteiger partial charge in [-0.2, -0.15) is 0 Å². The van der Waals surface area contributed by atoms with E-state index in [4.69, 9.17) is 5.11 Å². The summed E-state index contributed by atoms with van der Waals surface area (Å²) in [4.78, 5) is 34.7. The molecule has 1 aliphatic rings. The van der Waals surface area contributed by atoms with Crippen LogP contribution in [0.5, 0.6) is 0 Å². The van der Waals surface area contributed by atoms with E-state index in [1.54, 1.807) is 0 Å². The van der Waals surface area contributed by atoms with Crippen LogP contribution in [0.4, 0.5) is 4.79 Å². The van der Waals surface area contributed by atoms with Crippen molar-refractivity contribution in [1.82, 2.24) is 15.5 Å². The van der Waals surface area contributed by atoms with Gasteiger partial charge in [-0.05, 0) is 19.3 Å². The van der Waals surface area contributed by atoms with Crippen LogP contribution in [0.3, 0.4) is 0 Å². The quantitative estimate of drug-likeness (QED) is 0.586. The van der Waals surface area contributed by atoms with Crippen molar-refractivity contribution in [2.75, 3.05) is 19.6 Å². The second-order valence-electron chi connectivity index (χ2n) is 4.32. The third-order valence-corrected chi connectivity index (χ3v) is 2.45. The molecule has 0 spiro atoms. The molecule has 0 radical (unpaired) electrons. The number of nitrogens with zero attached hydrogens (tertiary/aromatic N) is 1. The lowest BCUT2D eigenvalue weighted by atomic mass is 10.4. The van der Waals surface area contributed by atoms with Gasteiger partial charge in [0.05, 0.1) is 6.54 Å². The van der Waals surface area contributed by atoms with Crippen molar-refractivity contribution in [1.29, 1.82) is 0 Å². The Balaban J connectivity index is 2.30. The van der Waals surface area contributed by atoms with Crippen LogP contribution in [-0.2, 0) is 9.59 Å². The molecular formula is C11H19N3O4. The molecule has 0 heterocycles. The Kier molecular flexibility index (Phi) is 5.41. The number of nitrogens with one attached hydrogen (secondary N) is 2. The van der Waals surface area contributed by atoms with Gasteiger partial charge in [-0.15, -0.1) is 0 Å². The lowest BCUT2D eigenvalue weighted by Gasteiger charge is -2.20. The summed E-state index contributed by atoms with van der Waals surface area (Å²) in [7, 11) is 0. The monoisotopic (exact) mass is 257 g/mol. The predicted molar refractivity (Wildman–Crippen MR) is 64.1 cm³/mol. The molecule has 1 aliphatic carbocycles. The molecule has 0 aromatic heterocycles. The number of amides is 3. The normalized spacial score (nSPS) is 13.8. The van der Waals surface area contributed by atoms with Gasteiger partial charge < -0.3 is 20.6 Å². The van der Waals surface area contributed by atoms with Crippen LogP contribution < -0.4 is 10.6 Å². The standard InChI is InChI=1S/C11H19N3O4/c1-2-5-14(7-10(16)17)11(18)12-6-9(15)13-8-3-4-8/h8H,2-7H2,1H3,(H,12,18)(H,13,15)(H,16,17). The SMILES string of the molecule is CCCN(CC(=O)O)C(=O)NCC(=O)NC1CC1. The molecule has 3 N–H and O–H groups in total. The molecule has 102 valence electrons. The Labute approximate surface area is 106 Å². The number of hydrogen-bond donors (Lipinski definition) is 3. The van der Waals surface area contributed by atoms with Crippen LogP contribution in [0, 0.1) is 0 Å². The zero-order valence-corrected chi connectivity index (χ0v) is 10.4. The number of carbonyl (C=O) groups is 3. The zero-order chi connectivity index (χ0) is 13.5. The van der Waals surface area contributed by atoms with Crippen LogP contribution in [0.1, 0.15) is 26.2 Å². The van der Waals surface area contributed by atoms with Gasteiger partial charge in [0, 0.05) is 12.6 Å². The maximum absolute atomic E-state index is 11.6. The van der Waals surface area contributed by atoms with Crippen molar-refractivity contribution >= 4 is 17.9 Å². The minimum atomic E-state index is -1.07. The van der Waals surface area contributed by atoms with E-state index in [1.165, 1.54) is 4.90 Å². The fourth-order valence-electron chi connectivity index (χ4n) is 1.46. The highest BCUT2D eigenvalue weighted by atomic mass is 16.4. The summed E-state index contributed by atoms with van der Waals surface area (Å²) in [5.74, 6) is -1.31.